The van der Waals surface area contributed by atoms with Crippen LogP contribution in [0.5, 0.6) is 0 Å². The van der Waals surface area contributed by atoms with Gasteiger partial charge in [0, 0.05) is 6.42 Å². The second kappa shape index (κ2) is 5.58. The maximum atomic E-state index is 13.2. The summed E-state index contributed by atoms with van der Waals surface area (Å²) in [6.45, 7) is 9.30. The highest BCUT2D eigenvalue weighted by Crippen LogP contribution is 2.28. The van der Waals surface area contributed by atoms with Crippen molar-refractivity contribution in [3.63, 3.8) is 0 Å². The Morgan fingerprint density at radius 1 is 1.62 bits per heavy atom. The van der Waals surface area contributed by atoms with Crippen LogP contribution in [0.1, 0.15) is 27.2 Å². The van der Waals surface area contributed by atoms with E-state index in [-0.39, 0.29) is 0 Å². The third-order valence-corrected chi connectivity index (χ3v) is 1.78. The van der Waals surface area contributed by atoms with E-state index in [1.54, 1.807) is 29.5 Å². The molecule has 0 aromatic heterocycles. The van der Waals surface area contributed by atoms with Gasteiger partial charge in [-0.3, -0.25) is 0 Å². The Balaban J connectivity index is 4.23. The maximum absolute atomic E-state index is 13.2. The van der Waals surface area contributed by atoms with Crippen LogP contribution in [0, 0.1) is 0 Å². The van der Waals surface area contributed by atoms with Crippen molar-refractivity contribution in [3.8, 4) is 0 Å². The van der Waals surface area contributed by atoms with Crippen molar-refractivity contribution in [3.05, 3.63) is 36.0 Å². The van der Waals surface area contributed by atoms with E-state index in [1.165, 1.54) is 0 Å². The van der Waals surface area contributed by atoms with E-state index in [0.717, 1.165) is 11.1 Å². The number of halogens is 2. The minimum Gasteiger partial charge on any atom is -0.232 e. The lowest BCUT2D eigenvalue weighted by molar-refractivity contribution is 0.339. The Bertz CT molecular complexity index is 231. The highest BCUT2D eigenvalue weighted by Gasteiger charge is 2.17. The average Bonchev–Trinajstić information content (AvgIpc) is 1.81. The van der Waals surface area contributed by atoms with E-state index < -0.39 is 3.68 Å². The standard InChI is InChI=1S/C11H16FI/c1-5-6-9(2)7-10(3)8-11(4,12)13/h5-7H,3,8H2,1-2,4H3/b6-5-,9-7-. The van der Waals surface area contributed by atoms with E-state index in [4.69, 9.17) is 0 Å². The molecule has 0 aromatic carbocycles. The fourth-order valence-electron chi connectivity index (χ4n) is 1.08. The van der Waals surface area contributed by atoms with Crippen LogP contribution in [0.3, 0.4) is 0 Å². The molecule has 0 amide bonds. The molecule has 0 fully saturated rings. The summed E-state index contributed by atoms with van der Waals surface area (Å²) in [4.78, 5) is 0. The zero-order valence-electron chi connectivity index (χ0n) is 8.40. The molecule has 1 atom stereocenters. The molecule has 13 heavy (non-hydrogen) atoms. The molecule has 0 aromatic rings. The van der Waals surface area contributed by atoms with Crippen LogP contribution in [0.25, 0.3) is 0 Å². The number of allylic oxidation sites excluding steroid dienone is 5. The van der Waals surface area contributed by atoms with Crippen molar-refractivity contribution < 1.29 is 4.39 Å². The first-order chi connectivity index (χ1) is 5.85. The van der Waals surface area contributed by atoms with Gasteiger partial charge < -0.3 is 0 Å². The Labute approximate surface area is 93.7 Å². The molecule has 0 spiro atoms. The molecule has 0 heterocycles. The van der Waals surface area contributed by atoms with Crippen molar-refractivity contribution in [1.29, 1.82) is 0 Å². The molecule has 0 aliphatic heterocycles. The largest absolute Gasteiger partial charge is 0.232 e. The number of alkyl halides is 2. The third kappa shape index (κ3) is 8.22. The predicted molar refractivity (Wildman–Crippen MR) is 65.9 cm³/mol. The van der Waals surface area contributed by atoms with Crippen LogP contribution in [-0.2, 0) is 0 Å². The lowest BCUT2D eigenvalue weighted by Crippen LogP contribution is -2.06. The average molecular weight is 294 g/mol. The molecule has 0 saturated carbocycles. The van der Waals surface area contributed by atoms with Gasteiger partial charge in [0.15, 0.2) is 3.68 Å². The number of hydrogen-bond donors (Lipinski definition) is 0. The fraction of sp³-hybridized carbons (Fsp3) is 0.455. The number of hydrogen-bond acceptors (Lipinski definition) is 0. The molecule has 0 rings (SSSR count). The second-order valence-corrected chi connectivity index (χ2v) is 5.54. The Morgan fingerprint density at radius 2 is 2.15 bits per heavy atom. The van der Waals surface area contributed by atoms with Gasteiger partial charge in [0.05, 0.1) is 0 Å². The zero-order valence-corrected chi connectivity index (χ0v) is 10.6. The summed E-state index contributed by atoms with van der Waals surface area (Å²) in [6.07, 6.45) is 6.23. The summed E-state index contributed by atoms with van der Waals surface area (Å²) in [6, 6.07) is 0. The van der Waals surface area contributed by atoms with Gasteiger partial charge >= 0.3 is 0 Å². The summed E-state index contributed by atoms with van der Waals surface area (Å²) in [5.41, 5.74) is 1.93. The van der Waals surface area contributed by atoms with E-state index in [0.29, 0.717) is 6.42 Å². The van der Waals surface area contributed by atoms with Crippen molar-refractivity contribution in [2.75, 3.05) is 0 Å². The smallest absolute Gasteiger partial charge is 0.162 e. The highest BCUT2D eigenvalue weighted by molar-refractivity contribution is 14.1. The van der Waals surface area contributed by atoms with Gasteiger partial charge in [0.1, 0.15) is 0 Å². The predicted octanol–water partition coefficient (Wildman–Crippen LogP) is 4.58. The molecule has 0 N–H and O–H groups in total. The Hall–Kier alpha value is -0.120. The van der Waals surface area contributed by atoms with Crippen LogP contribution in [0.15, 0.2) is 36.0 Å². The summed E-state index contributed by atoms with van der Waals surface area (Å²) in [5.74, 6) is 0. The highest BCUT2D eigenvalue weighted by atomic mass is 127. The molecule has 2 heteroatoms. The van der Waals surface area contributed by atoms with E-state index in [9.17, 15) is 4.39 Å². The quantitative estimate of drug-likeness (QED) is 0.404. The van der Waals surface area contributed by atoms with Crippen LogP contribution < -0.4 is 0 Å². The van der Waals surface area contributed by atoms with Crippen LogP contribution in [0.4, 0.5) is 4.39 Å². The molecule has 0 aliphatic carbocycles. The molecular formula is C11H16FI. The Morgan fingerprint density at radius 3 is 2.54 bits per heavy atom. The minimum absolute atomic E-state index is 0.377. The Kier molecular flexibility index (Phi) is 5.53. The molecule has 0 bridgehead atoms. The van der Waals surface area contributed by atoms with Crippen molar-refractivity contribution in [2.45, 2.75) is 30.9 Å². The molecule has 0 aliphatic rings. The lowest BCUT2D eigenvalue weighted by atomic mass is 10.1. The van der Waals surface area contributed by atoms with Gasteiger partial charge in [-0.25, -0.2) is 4.39 Å². The number of rotatable bonds is 4. The fourth-order valence-corrected chi connectivity index (χ4v) is 1.57. The second-order valence-electron chi connectivity index (χ2n) is 3.29. The van der Waals surface area contributed by atoms with Gasteiger partial charge in [-0.05, 0) is 43.4 Å². The normalized spacial score (nSPS) is 17.5. The van der Waals surface area contributed by atoms with Crippen LogP contribution in [-0.4, -0.2) is 3.68 Å². The van der Waals surface area contributed by atoms with Crippen molar-refractivity contribution in [1.82, 2.24) is 0 Å². The van der Waals surface area contributed by atoms with E-state index in [1.807, 2.05) is 32.1 Å². The summed E-state index contributed by atoms with van der Waals surface area (Å²) in [5, 5.41) is 0. The molecule has 1 unspecified atom stereocenters. The van der Waals surface area contributed by atoms with Gasteiger partial charge in [-0.15, -0.1) is 0 Å². The maximum Gasteiger partial charge on any atom is 0.162 e. The lowest BCUT2D eigenvalue weighted by Gasteiger charge is -2.11. The summed E-state index contributed by atoms with van der Waals surface area (Å²) in [7, 11) is 0. The summed E-state index contributed by atoms with van der Waals surface area (Å²) >= 11 is 1.79. The van der Waals surface area contributed by atoms with Crippen LogP contribution in [0.2, 0.25) is 0 Å². The SMILES string of the molecule is C=C(/C=C(C)\C=C/C)CC(C)(F)I. The van der Waals surface area contributed by atoms with E-state index >= 15 is 0 Å². The first kappa shape index (κ1) is 12.9. The van der Waals surface area contributed by atoms with Gasteiger partial charge in [0.2, 0.25) is 0 Å². The van der Waals surface area contributed by atoms with Gasteiger partial charge in [-0.1, -0.05) is 36.0 Å². The summed E-state index contributed by atoms with van der Waals surface area (Å²) < 4.78 is 12.0. The molecule has 0 saturated heterocycles. The first-order valence-corrected chi connectivity index (χ1v) is 5.29. The van der Waals surface area contributed by atoms with Crippen LogP contribution >= 0.6 is 22.6 Å². The zero-order chi connectivity index (χ0) is 10.5. The minimum atomic E-state index is -1.19. The monoisotopic (exact) mass is 294 g/mol. The van der Waals surface area contributed by atoms with Gasteiger partial charge in [0.25, 0.3) is 0 Å². The topological polar surface area (TPSA) is 0 Å². The molecule has 0 nitrogen and oxygen atoms in total. The first-order valence-electron chi connectivity index (χ1n) is 4.22. The molecular weight excluding hydrogens is 278 g/mol. The van der Waals surface area contributed by atoms with Gasteiger partial charge in [-0.2, -0.15) is 0 Å². The third-order valence-electron chi connectivity index (χ3n) is 1.40. The van der Waals surface area contributed by atoms with Crippen molar-refractivity contribution >= 4 is 22.6 Å². The van der Waals surface area contributed by atoms with Crippen molar-refractivity contribution in [2.24, 2.45) is 0 Å². The molecule has 0 radical (unpaired) electrons. The molecule has 74 valence electrons. The van der Waals surface area contributed by atoms with E-state index in [2.05, 4.69) is 6.58 Å².